The number of ether oxygens (including phenoxy) is 2. The lowest BCUT2D eigenvalue weighted by atomic mass is 9.48. The number of fused-ring (bicyclic) bond motifs is 1. The molecule has 4 saturated carbocycles. The minimum atomic E-state index is -0.376. The van der Waals surface area contributed by atoms with Gasteiger partial charge in [0.2, 0.25) is 5.91 Å². The van der Waals surface area contributed by atoms with Crippen molar-refractivity contribution in [3.63, 3.8) is 0 Å². The molecule has 43 heavy (non-hydrogen) atoms. The third kappa shape index (κ3) is 5.09. The van der Waals surface area contributed by atoms with Gasteiger partial charge in [-0.15, -0.1) is 0 Å². The quantitative estimate of drug-likeness (QED) is 0.231. The van der Waals surface area contributed by atoms with Gasteiger partial charge in [0, 0.05) is 13.1 Å². The fraction of sp³-hybridized carbons (Fsp3) is 0.400. The van der Waals surface area contributed by atoms with Gasteiger partial charge in [0.15, 0.2) is 0 Å². The van der Waals surface area contributed by atoms with Crippen LogP contribution in [0.1, 0.15) is 55.5 Å². The molecule has 2 heterocycles. The van der Waals surface area contributed by atoms with Crippen LogP contribution >= 0.6 is 11.8 Å². The zero-order chi connectivity index (χ0) is 29.1. The Bertz CT molecular complexity index is 1680. The summed E-state index contributed by atoms with van der Waals surface area (Å²) in [6, 6.07) is 22.6. The number of thioether (sulfide) groups is 1. The number of carbonyl (C=O) groups is 2. The number of imidazole rings is 1. The first-order chi connectivity index (χ1) is 20.9. The van der Waals surface area contributed by atoms with E-state index in [0.717, 1.165) is 69.2 Å². The van der Waals surface area contributed by atoms with Gasteiger partial charge in [0.1, 0.15) is 29.7 Å². The second kappa shape index (κ2) is 10.4. The maximum Gasteiger partial charge on any atom is 0.286 e. The Labute approximate surface area is 255 Å². The Morgan fingerprint density at radius 2 is 1.53 bits per heavy atom. The molecule has 1 aromatic heterocycles. The largest absolute Gasteiger partial charge is 0.486 e. The minimum absolute atomic E-state index is 0.226. The number of carbonyl (C=O) groups excluding carboxylic acids is 2. The van der Waals surface area contributed by atoms with Crippen LogP contribution in [-0.2, 0) is 30.3 Å². The van der Waals surface area contributed by atoms with E-state index in [0.29, 0.717) is 18.4 Å². The number of benzene rings is 3. The van der Waals surface area contributed by atoms with Crippen LogP contribution in [0.5, 0.6) is 17.2 Å². The Hall–Kier alpha value is -3.78. The molecule has 220 valence electrons. The molecular formula is C35H35N3O4S. The Morgan fingerprint density at radius 3 is 2.19 bits per heavy atom. The van der Waals surface area contributed by atoms with Gasteiger partial charge in [0.05, 0.1) is 16.3 Å². The van der Waals surface area contributed by atoms with Gasteiger partial charge in [-0.3, -0.25) is 14.9 Å². The molecule has 5 aliphatic rings. The molecule has 4 aromatic rings. The molecule has 1 saturated heterocycles. The molecule has 0 radical (unpaired) electrons. The number of rotatable bonds is 8. The predicted molar refractivity (Wildman–Crippen MR) is 166 cm³/mol. The summed E-state index contributed by atoms with van der Waals surface area (Å²) in [5.41, 5.74) is 4.77. The molecule has 8 heteroatoms. The van der Waals surface area contributed by atoms with Crippen LogP contribution in [0.4, 0.5) is 4.79 Å². The predicted octanol–water partition coefficient (Wildman–Crippen LogP) is 7.31. The van der Waals surface area contributed by atoms with Crippen LogP contribution in [0, 0.1) is 17.8 Å². The fourth-order valence-electron chi connectivity index (χ4n) is 8.50. The molecule has 5 fully saturated rings. The molecule has 4 bridgehead atoms. The number of amides is 2. The number of hydrogen-bond donors (Lipinski definition) is 1. The van der Waals surface area contributed by atoms with E-state index in [9.17, 15) is 9.59 Å². The summed E-state index contributed by atoms with van der Waals surface area (Å²) in [6.07, 6.45) is 9.01. The number of nitrogens with one attached hydrogen (secondary N) is 1. The van der Waals surface area contributed by atoms with Crippen molar-refractivity contribution in [2.24, 2.45) is 24.8 Å². The summed E-state index contributed by atoms with van der Waals surface area (Å²) in [6.45, 7) is 0.321. The lowest BCUT2D eigenvalue weighted by Gasteiger charge is -2.57. The van der Waals surface area contributed by atoms with E-state index < -0.39 is 0 Å². The lowest BCUT2D eigenvalue weighted by molar-refractivity contribution is -0.118. The van der Waals surface area contributed by atoms with Crippen LogP contribution in [0.15, 0.2) is 66.7 Å². The molecule has 1 unspecified atom stereocenters. The molecule has 1 aliphatic heterocycles. The van der Waals surface area contributed by atoms with E-state index in [1.807, 2.05) is 54.1 Å². The van der Waals surface area contributed by atoms with E-state index in [-0.39, 0.29) is 16.4 Å². The maximum atomic E-state index is 11.8. The van der Waals surface area contributed by atoms with Crippen molar-refractivity contribution in [2.45, 2.75) is 62.2 Å². The van der Waals surface area contributed by atoms with Crippen molar-refractivity contribution in [2.75, 3.05) is 0 Å². The summed E-state index contributed by atoms with van der Waals surface area (Å²) >= 11 is 1.04. The zero-order valence-electron chi connectivity index (χ0n) is 24.3. The highest BCUT2D eigenvalue weighted by molar-refractivity contribution is 8.15. The monoisotopic (exact) mass is 593 g/mol. The van der Waals surface area contributed by atoms with Gasteiger partial charge in [-0.2, -0.15) is 0 Å². The van der Waals surface area contributed by atoms with E-state index in [1.54, 1.807) is 0 Å². The molecule has 9 rings (SSSR count). The van der Waals surface area contributed by atoms with Gasteiger partial charge in [0.25, 0.3) is 5.24 Å². The van der Waals surface area contributed by atoms with E-state index in [4.69, 9.17) is 14.5 Å². The van der Waals surface area contributed by atoms with Gasteiger partial charge in [-0.25, -0.2) is 4.98 Å². The van der Waals surface area contributed by atoms with Gasteiger partial charge in [-0.05, 0) is 116 Å². The molecular weight excluding hydrogens is 558 g/mol. The highest BCUT2D eigenvalue weighted by atomic mass is 32.2. The smallest absolute Gasteiger partial charge is 0.286 e. The minimum Gasteiger partial charge on any atom is -0.486 e. The van der Waals surface area contributed by atoms with E-state index in [1.165, 1.54) is 44.1 Å². The van der Waals surface area contributed by atoms with Crippen LogP contribution in [0.25, 0.3) is 11.0 Å². The summed E-state index contributed by atoms with van der Waals surface area (Å²) in [5.74, 6) is 5.77. The van der Waals surface area contributed by atoms with Crippen molar-refractivity contribution in [1.29, 1.82) is 0 Å². The number of imide groups is 1. The molecule has 4 aliphatic carbocycles. The molecule has 3 aromatic carbocycles. The van der Waals surface area contributed by atoms with Crippen molar-refractivity contribution in [3.8, 4) is 17.2 Å². The van der Waals surface area contributed by atoms with Crippen molar-refractivity contribution >= 4 is 33.9 Å². The van der Waals surface area contributed by atoms with Gasteiger partial charge >= 0.3 is 0 Å². The van der Waals surface area contributed by atoms with Crippen LogP contribution in [0.2, 0.25) is 0 Å². The lowest BCUT2D eigenvalue weighted by Crippen LogP contribution is -2.48. The number of aromatic nitrogens is 2. The zero-order valence-corrected chi connectivity index (χ0v) is 25.1. The molecule has 0 spiro atoms. The fourth-order valence-corrected chi connectivity index (χ4v) is 9.36. The standard InChI is InChI=1S/C35H35N3O4S/c1-38-30-16-28(42-27-8-4-25(5-9-27)35-17-22-12-23(18-35)14-24(13-22)19-35)10-11-29(30)36-32(38)20-41-26-6-2-21(3-7-26)15-31-33(39)37-34(40)43-31/h2-11,16,22-24,31H,12-15,17-20H2,1H3,(H,37,39,40). The summed E-state index contributed by atoms with van der Waals surface area (Å²) < 4.78 is 14.4. The Morgan fingerprint density at radius 1 is 0.884 bits per heavy atom. The highest BCUT2D eigenvalue weighted by Gasteiger charge is 2.51. The summed E-state index contributed by atoms with van der Waals surface area (Å²) in [5, 5.41) is 1.68. The first-order valence-corrected chi connectivity index (χ1v) is 16.2. The molecule has 2 amide bonds. The second-order valence-corrected chi connectivity index (χ2v) is 14.3. The van der Waals surface area contributed by atoms with E-state index in [2.05, 4.69) is 29.6 Å². The average Bonchev–Trinajstić information content (AvgIpc) is 3.48. The highest BCUT2D eigenvalue weighted by Crippen LogP contribution is 2.60. The van der Waals surface area contributed by atoms with Gasteiger partial charge < -0.3 is 14.0 Å². The van der Waals surface area contributed by atoms with Crippen molar-refractivity contribution in [3.05, 3.63) is 83.7 Å². The maximum absolute atomic E-state index is 11.8. The van der Waals surface area contributed by atoms with Crippen molar-refractivity contribution < 1.29 is 19.1 Å². The SMILES string of the molecule is Cn1c(COc2ccc(CC3SC(=O)NC3=O)cc2)nc2ccc(Oc3ccc(C45CC6CC(CC(C6)C4)C5)cc3)cc21. The van der Waals surface area contributed by atoms with E-state index >= 15 is 0 Å². The number of hydrogen-bond acceptors (Lipinski definition) is 6. The normalized spacial score (nSPS) is 27.6. The third-order valence-electron chi connectivity index (χ3n) is 10.2. The summed E-state index contributed by atoms with van der Waals surface area (Å²) in [7, 11) is 1.99. The topological polar surface area (TPSA) is 82.5 Å². The average molecular weight is 594 g/mol. The van der Waals surface area contributed by atoms with Gasteiger partial charge in [-0.1, -0.05) is 36.0 Å². The second-order valence-electron chi connectivity index (χ2n) is 13.1. The summed E-state index contributed by atoms with van der Waals surface area (Å²) in [4.78, 5) is 28.0. The Balaban J connectivity index is 0.916. The van der Waals surface area contributed by atoms with Crippen molar-refractivity contribution in [1.82, 2.24) is 14.9 Å². The molecule has 7 nitrogen and oxygen atoms in total. The third-order valence-corrected chi connectivity index (χ3v) is 11.1. The number of nitrogens with zero attached hydrogens (tertiary/aromatic N) is 2. The Kier molecular flexibility index (Phi) is 6.51. The van der Waals surface area contributed by atoms with Crippen LogP contribution in [-0.4, -0.2) is 25.9 Å². The van der Waals surface area contributed by atoms with Crippen LogP contribution < -0.4 is 14.8 Å². The first-order valence-electron chi connectivity index (χ1n) is 15.4. The number of aryl methyl sites for hydroxylation is 1. The molecule has 1 atom stereocenters. The first kappa shape index (κ1) is 26.8. The van der Waals surface area contributed by atoms with Crippen LogP contribution in [0.3, 0.4) is 0 Å². The molecule has 1 N–H and O–H groups in total.